The highest BCUT2D eigenvalue weighted by Crippen LogP contribution is 2.28. The van der Waals surface area contributed by atoms with Gasteiger partial charge in [0, 0.05) is 30.5 Å². The fraction of sp³-hybridized carbons (Fsp3) is 0.200. The van der Waals surface area contributed by atoms with Gasteiger partial charge >= 0.3 is 11.9 Å². The van der Waals surface area contributed by atoms with Gasteiger partial charge in [0.2, 0.25) is 0 Å². The van der Waals surface area contributed by atoms with Crippen molar-refractivity contribution in [3.8, 4) is 5.75 Å². The molecule has 0 aliphatic carbocycles. The number of carbonyl (C=O) groups is 2. The van der Waals surface area contributed by atoms with E-state index in [1.165, 1.54) is 38.1 Å². The first-order valence-corrected chi connectivity index (χ1v) is 8.46. The van der Waals surface area contributed by atoms with Crippen LogP contribution in [0.15, 0.2) is 48.0 Å². The van der Waals surface area contributed by atoms with E-state index >= 15 is 0 Å². The maximum atomic E-state index is 13.7. The lowest BCUT2D eigenvalue weighted by Crippen LogP contribution is -2.41. The lowest BCUT2D eigenvalue weighted by Gasteiger charge is -2.29. The van der Waals surface area contributed by atoms with Crippen LogP contribution in [0, 0.1) is 5.82 Å². The summed E-state index contributed by atoms with van der Waals surface area (Å²) in [7, 11) is 0. The normalized spacial score (nSPS) is 15.8. The van der Waals surface area contributed by atoms with E-state index in [4.69, 9.17) is 25.8 Å². The van der Waals surface area contributed by atoms with Crippen molar-refractivity contribution in [1.82, 2.24) is 0 Å². The van der Waals surface area contributed by atoms with E-state index in [2.05, 4.69) is 0 Å². The molecule has 1 aliphatic rings. The lowest BCUT2D eigenvalue weighted by molar-refractivity contribution is -0.222. The molecule has 0 aromatic heterocycles. The third-order valence-electron chi connectivity index (χ3n) is 3.70. The first-order valence-electron chi connectivity index (χ1n) is 8.09. The first-order chi connectivity index (χ1) is 12.7. The van der Waals surface area contributed by atoms with E-state index in [9.17, 15) is 14.0 Å². The van der Waals surface area contributed by atoms with Crippen molar-refractivity contribution >= 4 is 29.6 Å². The fourth-order valence-corrected chi connectivity index (χ4v) is 2.55. The van der Waals surface area contributed by atoms with Crippen molar-refractivity contribution in [1.29, 1.82) is 0 Å². The number of benzene rings is 2. The van der Waals surface area contributed by atoms with Crippen molar-refractivity contribution in [3.63, 3.8) is 0 Å². The van der Waals surface area contributed by atoms with Gasteiger partial charge in [-0.25, -0.2) is 14.0 Å². The predicted octanol–water partition coefficient (Wildman–Crippen LogP) is 4.28. The van der Waals surface area contributed by atoms with Crippen LogP contribution < -0.4 is 4.74 Å². The number of halogens is 2. The number of esters is 2. The van der Waals surface area contributed by atoms with E-state index < -0.39 is 23.5 Å². The Kier molecular flexibility index (Phi) is 5.19. The third-order valence-corrected chi connectivity index (χ3v) is 3.95. The number of ether oxygens (including phenoxy) is 3. The summed E-state index contributed by atoms with van der Waals surface area (Å²) < 4.78 is 29.4. The molecule has 0 amide bonds. The van der Waals surface area contributed by atoms with Crippen LogP contribution in [-0.2, 0) is 25.7 Å². The van der Waals surface area contributed by atoms with Crippen LogP contribution in [0.25, 0.3) is 6.08 Å². The second kappa shape index (κ2) is 7.40. The molecule has 1 fully saturated rings. The summed E-state index contributed by atoms with van der Waals surface area (Å²) in [5.74, 6) is -3.31. The second-order valence-electron chi connectivity index (χ2n) is 6.33. The molecule has 0 atom stereocenters. The van der Waals surface area contributed by atoms with Gasteiger partial charge in [-0.2, -0.15) is 0 Å². The summed E-state index contributed by atoms with van der Waals surface area (Å²) in [4.78, 5) is 24.2. The average molecular weight is 391 g/mol. The molecule has 0 unspecified atom stereocenters. The highest BCUT2D eigenvalue weighted by atomic mass is 35.5. The first kappa shape index (κ1) is 18.9. The Morgan fingerprint density at radius 1 is 1.07 bits per heavy atom. The molecule has 27 heavy (non-hydrogen) atoms. The van der Waals surface area contributed by atoms with E-state index in [0.717, 1.165) is 5.56 Å². The quantitative estimate of drug-likeness (QED) is 0.443. The monoisotopic (exact) mass is 390 g/mol. The van der Waals surface area contributed by atoms with Gasteiger partial charge in [-0.1, -0.05) is 23.7 Å². The van der Waals surface area contributed by atoms with Gasteiger partial charge in [0.05, 0.1) is 0 Å². The molecule has 2 aromatic carbocycles. The Balaban J connectivity index is 1.86. The van der Waals surface area contributed by atoms with Gasteiger partial charge in [-0.05, 0) is 35.9 Å². The zero-order valence-corrected chi connectivity index (χ0v) is 15.4. The molecule has 0 spiro atoms. The SMILES string of the molecule is CC1(C)OC(=O)C(=Cc2ccc(F)cc2OCc2ccc(Cl)cc2)C(=O)O1. The summed E-state index contributed by atoms with van der Waals surface area (Å²) in [5, 5.41) is 0.590. The summed E-state index contributed by atoms with van der Waals surface area (Å²) in [5.41, 5.74) is 0.867. The lowest BCUT2D eigenvalue weighted by atomic mass is 10.1. The third kappa shape index (κ3) is 4.65. The molecule has 0 bridgehead atoms. The van der Waals surface area contributed by atoms with Gasteiger partial charge in [-0.15, -0.1) is 0 Å². The maximum absolute atomic E-state index is 13.7. The Bertz CT molecular complexity index is 896. The van der Waals surface area contributed by atoms with Crippen LogP contribution in [0.1, 0.15) is 25.0 Å². The molecule has 2 aromatic rings. The van der Waals surface area contributed by atoms with E-state index in [-0.39, 0.29) is 17.9 Å². The van der Waals surface area contributed by atoms with Gasteiger partial charge in [0.25, 0.3) is 5.79 Å². The predicted molar refractivity (Wildman–Crippen MR) is 96.4 cm³/mol. The van der Waals surface area contributed by atoms with Gasteiger partial charge in [-0.3, -0.25) is 0 Å². The van der Waals surface area contributed by atoms with Crippen LogP contribution in [0.4, 0.5) is 4.39 Å². The molecule has 1 heterocycles. The van der Waals surface area contributed by atoms with Crippen molar-refractivity contribution in [2.45, 2.75) is 26.2 Å². The Morgan fingerprint density at radius 2 is 1.70 bits per heavy atom. The van der Waals surface area contributed by atoms with Crippen LogP contribution in [-0.4, -0.2) is 17.7 Å². The van der Waals surface area contributed by atoms with Gasteiger partial charge in [0.1, 0.15) is 23.7 Å². The van der Waals surface area contributed by atoms with Crippen LogP contribution >= 0.6 is 11.6 Å². The second-order valence-corrected chi connectivity index (χ2v) is 6.77. The van der Waals surface area contributed by atoms with Crippen molar-refractivity contribution in [3.05, 3.63) is 70.0 Å². The number of hydrogen-bond donors (Lipinski definition) is 0. The minimum absolute atomic E-state index is 0.152. The topological polar surface area (TPSA) is 61.8 Å². The van der Waals surface area contributed by atoms with Crippen LogP contribution in [0.5, 0.6) is 5.75 Å². The number of rotatable bonds is 4. The molecule has 7 heteroatoms. The van der Waals surface area contributed by atoms with Gasteiger partial charge < -0.3 is 14.2 Å². The zero-order valence-electron chi connectivity index (χ0n) is 14.6. The van der Waals surface area contributed by atoms with E-state index in [0.29, 0.717) is 10.6 Å². The van der Waals surface area contributed by atoms with Crippen molar-refractivity contribution in [2.24, 2.45) is 0 Å². The summed E-state index contributed by atoms with van der Waals surface area (Å²) in [6.07, 6.45) is 1.26. The minimum Gasteiger partial charge on any atom is -0.488 e. The Morgan fingerprint density at radius 3 is 2.33 bits per heavy atom. The van der Waals surface area contributed by atoms with Crippen LogP contribution in [0.2, 0.25) is 5.02 Å². The highest BCUT2D eigenvalue weighted by molar-refractivity contribution is 6.30. The average Bonchev–Trinajstić information content (AvgIpc) is 2.58. The largest absolute Gasteiger partial charge is 0.488 e. The van der Waals surface area contributed by atoms with Crippen molar-refractivity contribution < 1.29 is 28.2 Å². The molecule has 3 rings (SSSR count). The number of carbonyl (C=O) groups excluding carboxylic acids is 2. The summed E-state index contributed by atoms with van der Waals surface area (Å²) >= 11 is 5.84. The maximum Gasteiger partial charge on any atom is 0.348 e. The molecule has 5 nitrogen and oxygen atoms in total. The van der Waals surface area contributed by atoms with Crippen LogP contribution in [0.3, 0.4) is 0 Å². The molecular formula is C20H16ClFO5. The summed E-state index contributed by atoms with van der Waals surface area (Å²) in [6, 6.07) is 10.8. The van der Waals surface area contributed by atoms with Gasteiger partial charge in [0.15, 0.2) is 0 Å². The standard InChI is InChI=1S/C20H16ClFO5/c1-20(2)26-18(23)16(19(24)27-20)9-13-5-8-15(22)10-17(13)25-11-12-3-6-14(21)7-4-12/h3-10H,11H2,1-2H3. The molecule has 0 saturated carbocycles. The number of cyclic esters (lactones) is 2. The molecule has 0 N–H and O–H groups in total. The van der Waals surface area contributed by atoms with E-state index in [1.54, 1.807) is 24.3 Å². The zero-order chi connectivity index (χ0) is 19.6. The molecular weight excluding hydrogens is 375 g/mol. The minimum atomic E-state index is -1.33. The highest BCUT2D eigenvalue weighted by Gasteiger charge is 2.39. The number of hydrogen-bond acceptors (Lipinski definition) is 5. The molecule has 140 valence electrons. The molecule has 0 radical (unpaired) electrons. The fourth-order valence-electron chi connectivity index (χ4n) is 2.43. The molecule has 1 saturated heterocycles. The smallest absolute Gasteiger partial charge is 0.348 e. The summed E-state index contributed by atoms with van der Waals surface area (Å²) in [6.45, 7) is 3.06. The van der Waals surface area contributed by atoms with E-state index in [1.807, 2.05) is 0 Å². The molecule has 1 aliphatic heterocycles. The Labute approximate surface area is 160 Å². The Hall–Kier alpha value is -2.86. The van der Waals surface area contributed by atoms with Crippen molar-refractivity contribution in [2.75, 3.05) is 0 Å².